The molecule has 0 aliphatic heterocycles. The monoisotopic (exact) mass is 223 g/mol. The number of nitrogens with two attached hydrogens (primary N) is 1. The minimum absolute atomic E-state index is 0.560. The molecule has 2 N–H and O–H groups in total. The number of rotatable bonds is 4. The second-order valence-electron chi connectivity index (χ2n) is 6.96. The van der Waals surface area contributed by atoms with E-state index in [2.05, 4.69) is 20.8 Å². The van der Waals surface area contributed by atoms with Crippen molar-refractivity contribution in [2.24, 2.45) is 28.4 Å². The normalized spacial score (nSPS) is 33.8. The Morgan fingerprint density at radius 2 is 1.69 bits per heavy atom. The Kier molecular flexibility index (Phi) is 3.36. The van der Waals surface area contributed by atoms with Gasteiger partial charge in [-0.25, -0.2) is 0 Å². The van der Waals surface area contributed by atoms with Gasteiger partial charge in [0.05, 0.1) is 0 Å². The Labute approximate surface area is 101 Å². The minimum Gasteiger partial charge on any atom is -0.330 e. The summed E-state index contributed by atoms with van der Waals surface area (Å²) in [5.74, 6) is 1.92. The Morgan fingerprint density at radius 3 is 2.06 bits per heavy atom. The highest BCUT2D eigenvalue weighted by Gasteiger charge is 2.49. The van der Waals surface area contributed by atoms with Crippen molar-refractivity contribution in [3.05, 3.63) is 0 Å². The summed E-state index contributed by atoms with van der Waals surface area (Å²) in [5, 5.41) is 0. The van der Waals surface area contributed by atoms with Crippen molar-refractivity contribution in [3.63, 3.8) is 0 Å². The highest BCUT2D eigenvalue weighted by Crippen LogP contribution is 2.57. The van der Waals surface area contributed by atoms with E-state index in [0.29, 0.717) is 10.8 Å². The summed E-state index contributed by atoms with van der Waals surface area (Å²) >= 11 is 0. The fraction of sp³-hybridized carbons (Fsp3) is 1.00. The van der Waals surface area contributed by atoms with Crippen LogP contribution >= 0.6 is 0 Å². The lowest BCUT2D eigenvalue weighted by Crippen LogP contribution is -2.33. The molecular weight excluding hydrogens is 194 g/mol. The van der Waals surface area contributed by atoms with Crippen molar-refractivity contribution in [2.45, 2.75) is 65.7 Å². The molecule has 0 saturated heterocycles. The number of hydrogen-bond acceptors (Lipinski definition) is 1. The van der Waals surface area contributed by atoms with Crippen LogP contribution in [0.5, 0.6) is 0 Å². The van der Waals surface area contributed by atoms with Gasteiger partial charge in [0, 0.05) is 0 Å². The van der Waals surface area contributed by atoms with Crippen LogP contribution in [-0.4, -0.2) is 6.54 Å². The van der Waals surface area contributed by atoms with E-state index in [9.17, 15) is 0 Å². The predicted octanol–water partition coefficient (Wildman–Crippen LogP) is 3.97. The quantitative estimate of drug-likeness (QED) is 0.767. The van der Waals surface area contributed by atoms with Gasteiger partial charge in [-0.2, -0.15) is 0 Å². The summed E-state index contributed by atoms with van der Waals surface area (Å²) < 4.78 is 0. The summed E-state index contributed by atoms with van der Waals surface area (Å²) in [6.45, 7) is 8.19. The second kappa shape index (κ2) is 4.33. The largest absolute Gasteiger partial charge is 0.330 e. The Morgan fingerprint density at radius 1 is 1.12 bits per heavy atom. The first kappa shape index (κ1) is 12.4. The summed E-state index contributed by atoms with van der Waals surface area (Å²) in [4.78, 5) is 0. The van der Waals surface area contributed by atoms with Crippen molar-refractivity contribution in [2.75, 3.05) is 6.54 Å². The molecule has 0 radical (unpaired) electrons. The van der Waals surface area contributed by atoms with Crippen LogP contribution in [0.15, 0.2) is 0 Å². The first-order valence-electron chi connectivity index (χ1n) is 7.24. The van der Waals surface area contributed by atoms with Gasteiger partial charge in [-0.15, -0.1) is 0 Å². The van der Waals surface area contributed by atoms with Gasteiger partial charge in [-0.3, -0.25) is 0 Å². The zero-order chi connectivity index (χ0) is 11.8. The molecule has 2 aliphatic rings. The van der Waals surface area contributed by atoms with E-state index >= 15 is 0 Å². The molecule has 2 aliphatic carbocycles. The van der Waals surface area contributed by atoms with E-state index in [4.69, 9.17) is 5.73 Å². The zero-order valence-electron chi connectivity index (χ0n) is 11.4. The second-order valence-corrected chi connectivity index (χ2v) is 6.96. The summed E-state index contributed by atoms with van der Waals surface area (Å²) in [5.41, 5.74) is 7.10. The molecule has 0 aromatic heterocycles. The predicted molar refractivity (Wildman–Crippen MR) is 70.2 cm³/mol. The highest BCUT2D eigenvalue weighted by molar-refractivity contribution is 5.01. The Balaban J connectivity index is 1.88. The molecule has 2 fully saturated rings. The lowest BCUT2D eigenvalue weighted by atomic mass is 9.65. The molecule has 0 spiro atoms. The Bertz CT molecular complexity index is 218. The lowest BCUT2D eigenvalue weighted by Gasteiger charge is -2.41. The van der Waals surface area contributed by atoms with Crippen LogP contribution in [0.2, 0.25) is 0 Å². The molecule has 0 heterocycles. The van der Waals surface area contributed by atoms with E-state index in [-0.39, 0.29) is 0 Å². The smallest absolute Gasteiger partial charge is 0.00179 e. The van der Waals surface area contributed by atoms with Gasteiger partial charge in [0.25, 0.3) is 0 Å². The zero-order valence-corrected chi connectivity index (χ0v) is 11.4. The van der Waals surface area contributed by atoms with Crippen LogP contribution in [0.25, 0.3) is 0 Å². The highest BCUT2D eigenvalue weighted by atomic mass is 14.7. The maximum atomic E-state index is 5.95. The fourth-order valence-electron chi connectivity index (χ4n) is 3.72. The molecule has 0 atom stereocenters. The van der Waals surface area contributed by atoms with Crippen LogP contribution in [0.1, 0.15) is 65.7 Å². The molecule has 1 nitrogen and oxygen atoms in total. The molecule has 0 bridgehead atoms. The molecule has 2 saturated carbocycles. The standard InChI is InChI=1S/C15H29N/c1-4-14(2,3)12-5-7-13(8-6-12)15(11-16)9-10-15/h12-13H,4-11,16H2,1-3H3. The van der Waals surface area contributed by atoms with Crippen LogP contribution in [0.4, 0.5) is 0 Å². The number of hydrogen-bond donors (Lipinski definition) is 1. The van der Waals surface area contributed by atoms with E-state index in [1.165, 1.54) is 44.9 Å². The fourth-order valence-corrected chi connectivity index (χ4v) is 3.72. The molecule has 0 unspecified atom stereocenters. The molecule has 1 heteroatoms. The van der Waals surface area contributed by atoms with Gasteiger partial charge in [-0.1, -0.05) is 27.2 Å². The molecular formula is C15H29N. The van der Waals surface area contributed by atoms with Gasteiger partial charge in [0.15, 0.2) is 0 Å². The van der Waals surface area contributed by atoms with Crippen molar-refractivity contribution in [3.8, 4) is 0 Å². The topological polar surface area (TPSA) is 26.0 Å². The van der Waals surface area contributed by atoms with Crippen molar-refractivity contribution in [1.29, 1.82) is 0 Å². The van der Waals surface area contributed by atoms with Gasteiger partial charge in [0.1, 0.15) is 0 Å². The van der Waals surface area contributed by atoms with E-state index in [0.717, 1.165) is 18.4 Å². The van der Waals surface area contributed by atoms with Crippen LogP contribution < -0.4 is 5.73 Å². The first-order chi connectivity index (χ1) is 7.54. The average Bonchev–Trinajstić information content (AvgIpc) is 3.10. The minimum atomic E-state index is 0.560. The summed E-state index contributed by atoms with van der Waals surface area (Å²) in [7, 11) is 0. The third-order valence-electron chi connectivity index (χ3n) is 5.91. The molecule has 94 valence electrons. The van der Waals surface area contributed by atoms with Crippen molar-refractivity contribution >= 4 is 0 Å². The van der Waals surface area contributed by atoms with Crippen LogP contribution in [0.3, 0.4) is 0 Å². The molecule has 0 aromatic carbocycles. The Hall–Kier alpha value is -0.0400. The average molecular weight is 223 g/mol. The van der Waals surface area contributed by atoms with Crippen molar-refractivity contribution in [1.82, 2.24) is 0 Å². The van der Waals surface area contributed by atoms with Crippen LogP contribution in [-0.2, 0) is 0 Å². The van der Waals surface area contributed by atoms with E-state index in [1.54, 1.807) is 0 Å². The maximum Gasteiger partial charge on any atom is -0.00179 e. The lowest BCUT2D eigenvalue weighted by molar-refractivity contribution is 0.102. The van der Waals surface area contributed by atoms with E-state index in [1.807, 2.05) is 0 Å². The molecule has 2 rings (SSSR count). The third kappa shape index (κ3) is 2.16. The third-order valence-corrected chi connectivity index (χ3v) is 5.91. The summed E-state index contributed by atoms with van der Waals surface area (Å²) in [6.07, 6.45) is 9.95. The first-order valence-corrected chi connectivity index (χ1v) is 7.24. The van der Waals surface area contributed by atoms with Crippen LogP contribution in [0, 0.1) is 22.7 Å². The molecule has 0 aromatic rings. The van der Waals surface area contributed by atoms with Gasteiger partial charge < -0.3 is 5.73 Å². The van der Waals surface area contributed by atoms with Gasteiger partial charge in [0.2, 0.25) is 0 Å². The SMILES string of the molecule is CCC(C)(C)C1CCC(C2(CN)CC2)CC1. The van der Waals surface area contributed by atoms with Crippen molar-refractivity contribution < 1.29 is 0 Å². The molecule has 0 amide bonds. The van der Waals surface area contributed by atoms with E-state index < -0.39 is 0 Å². The maximum absolute atomic E-state index is 5.95. The molecule has 16 heavy (non-hydrogen) atoms. The summed E-state index contributed by atoms with van der Waals surface area (Å²) in [6, 6.07) is 0. The van der Waals surface area contributed by atoms with Gasteiger partial charge in [-0.05, 0) is 67.7 Å². The van der Waals surface area contributed by atoms with Gasteiger partial charge >= 0.3 is 0 Å².